The molecule has 3 fully saturated rings. The highest BCUT2D eigenvalue weighted by Gasteiger charge is 2.42. The van der Waals surface area contributed by atoms with Gasteiger partial charge in [0.2, 0.25) is 11.8 Å². The molecule has 1 atom stereocenters. The molecule has 104 valence electrons. The van der Waals surface area contributed by atoms with Gasteiger partial charge in [0.25, 0.3) is 5.24 Å². The Hall–Kier alpha value is -1.24. The molecule has 0 aromatic rings. The largest absolute Gasteiger partial charge is 0.356 e. The smallest absolute Gasteiger partial charge is 0.279 e. The Morgan fingerprint density at radius 3 is 2.58 bits per heavy atom. The number of hydrogen-bond acceptors (Lipinski definition) is 4. The summed E-state index contributed by atoms with van der Waals surface area (Å²) in [5.74, 6) is 0.670. The number of thioether (sulfide) groups is 1. The van der Waals surface area contributed by atoms with Crippen LogP contribution in [0.25, 0.3) is 0 Å². The molecule has 3 rings (SSSR count). The van der Waals surface area contributed by atoms with Crippen LogP contribution < -0.4 is 10.6 Å². The van der Waals surface area contributed by atoms with Gasteiger partial charge in [0.1, 0.15) is 6.04 Å². The molecule has 3 saturated heterocycles. The van der Waals surface area contributed by atoms with E-state index in [1.165, 1.54) is 0 Å². The molecule has 19 heavy (non-hydrogen) atoms. The molecule has 1 spiro atoms. The highest BCUT2D eigenvalue weighted by atomic mass is 32.2. The summed E-state index contributed by atoms with van der Waals surface area (Å²) in [6, 6.07) is -0.366. The topological polar surface area (TPSA) is 78.5 Å². The van der Waals surface area contributed by atoms with Crippen LogP contribution in [-0.4, -0.2) is 53.4 Å². The van der Waals surface area contributed by atoms with Gasteiger partial charge in [-0.2, -0.15) is 0 Å². The van der Waals surface area contributed by atoms with E-state index < -0.39 is 0 Å². The minimum absolute atomic E-state index is 0.0190. The fourth-order valence-electron chi connectivity index (χ4n) is 3.04. The molecule has 6 nitrogen and oxygen atoms in total. The molecule has 0 bridgehead atoms. The number of rotatable bonds is 1. The second-order valence-corrected chi connectivity index (χ2v) is 6.57. The lowest BCUT2D eigenvalue weighted by Gasteiger charge is -2.38. The van der Waals surface area contributed by atoms with Gasteiger partial charge >= 0.3 is 0 Å². The molecular weight excluding hydrogens is 266 g/mol. The summed E-state index contributed by atoms with van der Waals surface area (Å²) < 4.78 is 0. The molecule has 7 heteroatoms. The average Bonchev–Trinajstić information content (AvgIpc) is 2.97. The van der Waals surface area contributed by atoms with Crippen molar-refractivity contribution in [1.82, 2.24) is 15.5 Å². The van der Waals surface area contributed by atoms with Gasteiger partial charge in [-0.15, -0.1) is 0 Å². The first-order valence-corrected chi connectivity index (χ1v) is 7.55. The summed E-state index contributed by atoms with van der Waals surface area (Å²) in [5, 5.41) is 5.45. The Morgan fingerprint density at radius 1 is 1.32 bits per heavy atom. The minimum Gasteiger partial charge on any atom is -0.356 e. The molecule has 3 heterocycles. The van der Waals surface area contributed by atoms with Crippen molar-refractivity contribution in [2.24, 2.45) is 5.41 Å². The summed E-state index contributed by atoms with van der Waals surface area (Å²) in [5.41, 5.74) is 0.0571. The Labute approximate surface area is 115 Å². The summed E-state index contributed by atoms with van der Waals surface area (Å²) in [4.78, 5) is 36.5. The SMILES string of the molecule is O=C1CC2(CCN(C(=O)C3CSC(=O)N3)CC2)CN1. The van der Waals surface area contributed by atoms with Crippen molar-refractivity contribution >= 4 is 28.8 Å². The molecule has 3 amide bonds. The molecule has 3 aliphatic heterocycles. The lowest BCUT2D eigenvalue weighted by Crippen LogP contribution is -2.50. The van der Waals surface area contributed by atoms with Gasteiger partial charge in [-0.3, -0.25) is 14.4 Å². The van der Waals surface area contributed by atoms with Crippen molar-refractivity contribution in [2.75, 3.05) is 25.4 Å². The fraction of sp³-hybridized carbons (Fsp3) is 0.750. The fourth-order valence-corrected chi connectivity index (χ4v) is 3.81. The normalized spacial score (nSPS) is 29.5. The zero-order chi connectivity index (χ0) is 13.5. The van der Waals surface area contributed by atoms with Crippen LogP contribution in [0.2, 0.25) is 0 Å². The van der Waals surface area contributed by atoms with Crippen molar-refractivity contribution in [3.63, 3.8) is 0 Å². The minimum atomic E-state index is -0.366. The summed E-state index contributed by atoms with van der Waals surface area (Å²) in [6.45, 7) is 2.11. The van der Waals surface area contributed by atoms with Gasteiger partial charge in [0.05, 0.1) is 0 Å². The van der Waals surface area contributed by atoms with Crippen molar-refractivity contribution in [3.8, 4) is 0 Å². The number of likely N-dealkylation sites (tertiary alicyclic amines) is 1. The summed E-state index contributed by atoms with van der Waals surface area (Å²) in [7, 11) is 0. The first-order valence-electron chi connectivity index (χ1n) is 6.57. The molecule has 3 aliphatic rings. The van der Waals surface area contributed by atoms with E-state index in [1.807, 2.05) is 4.90 Å². The van der Waals surface area contributed by atoms with Gasteiger partial charge in [-0.05, 0) is 18.3 Å². The number of piperidine rings is 1. The Bertz CT molecular complexity index is 432. The van der Waals surface area contributed by atoms with Crippen molar-refractivity contribution in [3.05, 3.63) is 0 Å². The molecule has 1 unspecified atom stereocenters. The van der Waals surface area contributed by atoms with E-state index in [-0.39, 0.29) is 28.5 Å². The number of nitrogens with one attached hydrogen (secondary N) is 2. The average molecular weight is 283 g/mol. The van der Waals surface area contributed by atoms with E-state index in [0.717, 1.165) is 31.1 Å². The highest BCUT2D eigenvalue weighted by molar-refractivity contribution is 8.14. The predicted octanol–water partition coefficient (Wildman–Crippen LogP) is -0.0599. The zero-order valence-corrected chi connectivity index (χ0v) is 11.4. The van der Waals surface area contributed by atoms with Gasteiger partial charge in [0, 0.05) is 31.8 Å². The van der Waals surface area contributed by atoms with Crippen LogP contribution in [-0.2, 0) is 9.59 Å². The highest BCUT2D eigenvalue weighted by Crippen LogP contribution is 2.37. The first-order chi connectivity index (χ1) is 9.08. The van der Waals surface area contributed by atoms with Crippen LogP contribution in [0.3, 0.4) is 0 Å². The van der Waals surface area contributed by atoms with Crippen LogP contribution >= 0.6 is 11.8 Å². The van der Waals surface area contributed by atoms with Gasteiger partial charge in [-0.25, -0.2) is 0 Å². The molecule has 2 N–H and O–H groups in total. The van der Waals surface area contributed by atoms with E-state index in [2.05, 4.69) is 10.6 Å². The van der Waals surface area contributed by atoms with Crippen molar-refractivity contribution < 1.29 is 14.4 Å². The van der Waals surface area contributed by atoms with Gasteiger partial charge in [-0.1, -0.05) is 11.8 Å². The van der Waals surface area contributed by atoms with E-state index in [9.17, 15) is 14.4 Å². The third-order valence-electron chi connectivity index (χ3n) is 4.30. The van der Waals surface area contributed by atoms with Crippen LogP contribution in [0.4, 0.5) is 4.79 Å². The zero-order valence-electron chi connectivity index (χ0n) is 10.6. The number of amides is 3. The third-order valence-corrected chi connectivity index (χ3v) is 5.18. The number of carbonyl (C=O) groups excluding carboxylic acids is 3. The van der Waals surface area contributed by atoms with Crippen molar-refractivity contribution in [2.45, 2.75) is 25.3 Å². The molecule has 0 aromatic heterocycles. The van der Waals surface area contributed by atoms with E-state index >= 15 is 0 Å². The van der Waals surface area contributed by atoms with Gasteiger partial charge in [0.15, 0.2) is 0 Å². The number of nitrogens with zero attached hydrogens (tertiary/aromatic N) is 1. The maximum Gasteiger partial charge on any atom is 0.279 e. The number of carbonyl (C=O) groups is 3. The maximum absolute atomic E-state index is 12.2. The second kappa shape index (κ2) is 4.70. The second-order valence-electron chi connectivity index (χ2n) is 5.57. The molecule has 0 saturated carbocycles. The maximum atomic E-state index is 12.2. The Morgan fingerprint density at radius 2 is 2.05 bits per heavy atom. The quantitative estimate of drug-likeness (QED) is 0.707. The molecule has 0 aromatic carbocycles. The van der Waals surface area contributed by atoms with E-state index in [0.29, 0.717) is 25.3 Å². The summed E-state index contributed by atoms with van der Waals surface area (Å²) in [6.07, 6.45) is 2.32. The van der Waals surface area contributed by atoms with Gasteiger partial charge < -0.3 is 15.5 Å². The van der Waals surface area contributed by atoms with Crippen LogP contribution in [0.1, 0.15) is 19.3 Å². The van der Waals surface area contributed by atoms with Crippen LogP contribution in [0, 0.1) is 5.41 Å². The van der Waals surface area contributed by atoms with E-state index in [1.54, 1.807) is 0 Å². The lowest BCUT2D eigenvalue weighted by atomic mass is 9.77. The van der Waals surface area contributed by atoms with Crippen LogP contribution in [0.5, 0.6) is 0 Å². The predicted molar refractivity (Wildman–Crippen MR) is 70.7 cm³/mol. The monoisotopic (exact) mass is 283 g/mol. The Kier molecular flexibility index (Phi) is 3.16. The summed E-state index contributed by atoms with van der Waals surface area (Å²) >= 11 is 1.16. The molecular formula is C12H17N3O3S. The van der Waals surface area contributed by atoms with Crippen LogP contribution in [0.15, 0.2) is 0 Å². The first kappa shape index (κ1) is 12.8. The standard InChI is InChI=1S/C12H17N3O3S/c16-9-5-12(7-13-9)1-3-15(4-2-12)10(17)8-6-19-11(18)14-8/h8H,1-7H2,(H,13,16)(H,14,18). The third kappa shape index (κ3) is 2.43. The van der Waals surface area contributed by atoms with Crippen molar-refractivity contribution in [1.29, 1.82) is 0 Å². The Balaban J connectivity index is 1.56. The lowest BCUT2D eigenvalue weighted by molar-refractivity contribution is -0.134. The molecule has 0 radical (unpaired) electrons. The number of hydrogen-bond donors (Lipinski definition) is 2. The van der Waals surface area contributed by atoms with E-state index in [4.69, 9.17) is 0 Å². The molecule has 0 aliphatic carbocycles.